The molecule has 96 valence electrons. The molecular formula is C14H15ClFNS. The second-order valence-electron chi connectivity index (χ2n) is 4.43. The average Bonchev–Trinajstić information content (AvgIpc) is 2.75. The van der Waals surface area contributed by atoms with Crippen LogP contribution >= 0.6 is 22.9 Å². The maximum atomic E-state index is 13.0. The van der Waals surface area contributed by atoms with Crippen LogP contribution < -0.4 is 5.32 Å². The van der Waals surface area contributed by atoms with Crippen molar-refractivity contribution in [1.29, 1.82) is 0 Å². The predicted octanol–water partition coefficient (Wildman–Crippen LogP) is 4.71. The van der Waals surface area contributed by atoms with Crippen LogP contribution in [0.2, 0.25) is 5.02 Å². The van der Waals surface area contributed by atoms with Crippen molar-refractivity contribution in [2.45, 2.75) is 26.4 Å². The van der Waals surface area contributed by atoms with E-state index in [0.29, 0.717) is 11.1 Å². The van der Waals surface area contributed by atoms with Gasteiger partial charge in [-0.15, -0.1) is 11.3 Å². The van der Waals surface area contributed by atoms with Crippen molar-refractivity contribution >= 4 is 22.9 Å². The smallest absolute Gasteiger partial charge is 0.124 e. The molecule has 0 spiro atoms. The molecule has 1 nitrogen and oxygen atoms in total. The standard InChI is InChI=1S/C14H15ClFNS/c1-9(2)17-8-11-4-6-14(18-11)12-5-3-10(16)7-13(12)15/h3-7,9,17H,8H2,1-2H3. The molecule has 0 aliphatic carbocycles. The Hall–Kier alpha value is -0.900. The highest BCUT2D eigenvalue weighted by atomic mass is 35.5. The summed E-state index contributed by atoms with van der Waals surface area (Å²) in [5.74, 6) is -0.304. The summed E-state index contributed by atoms with van der Waals surface area (Å²) < 4.78 is 13.0. The molecular weight excluding hydrogens is 269 g/mol. The van der Waals surface area contributed by atoms with Gasteiger partial charge in [-0.05, 0) is 30.3 Å². The van der Waals surface area contributed by atoms with Crippen molar-refractivity contribution in [3.8, 4) is 10.4 Å². The molecule has 2 rings (SSSR count). The number of halogens is 2. The first kappa shape index (κ1) is 13.5. The van der Waals surface area contributed by atoms with Crippen LogP contribution in [0.25, 0.3) is 10.4 Å². The SMILES string of the molecule is CC(C)NCc1ccc(-c2ccc(F)cc2Cl)s1. The quantitative estimate of drug-likeness (QED) is 0.857. The lowest BCUT2D eigenvalue weighted by molar-refractivity contribution is 0.593. The molecule has 0 fully saturated rings. The Balaban J connectivity index is 2.18. The lowest BCUT2D eigenvalue weighted by Gasteiger charge is -2.05. The van der Waals surface area contributed by atoms with Crippen LogP contribution in [0.3, 0.4) is 0 Å². The Labute approximate surface area is 116 Å². The third kappa shape index (κ3) is 3.31. The van der Waals surface area contributed by atoms with Gasteiger partial charge >= 0.3 is 0 Å². The first-order valence-electron chi connectivity index (χ1n) is 5.84. The van der Waals surface area contributed by atoms with Crippen molar-refractivity contribution in [3.63, 3.8) is 0 Å². The minimum atomic E-state index is -0.304. The minimum Gasteiger partial charge on any atom is -0.310 e. The van der Waals surface area contributed by atoms with E-state index in [4.69, 9.17) is 11.6 Å². The van der Waals surface area contributed by atoms with Gasteiger partial charge in [-0.1, -0.05) is 25.4 Å². The molecule has 0 saturated carbocycles. The Kier molecular flexibility index (Phi) is 4.38. The fraction of sp³-hybridized carbons (Fsp3) is 0.286. The maximum absolute atomic E-state index is 13.0. The Morgan fingerprint density at radius 1 is 1.28 bits per heavy atom. The van der Waals surface area contributed by atoms with E-state index >= 15 is 0 Å². The fourth-order valence-corrected chi connectivity index (χ4v) is 2.93. The molecule has 1 aromatic heterocycles. The van der Waals surface area contributed by atoms with Crippen LogP contribution in [0, 0.1) is 5.82 Å². The molecule has 4 heteroatoms. The van der Waals surface area contributed by atoms with Gasteiger partial charge in [0.2, 0.25) is 0 Å². The first-order chi connectivity index (χ1) is 8.56. The van der Waals surface area contributed by atoms with E-state index < -0.39 is 0 Å². The summed E-state index contributed by atoms with van der Waals surface area (Å²) in [6.45, 7) is 5.08. The number of hydrogen-bond donors (Lipinski definition) is 1. The zero-order chi connectivity index (χ0) is 13.1. The van der Waals surface area contributed by atoms with E-state index in [0.717, 1.165) is 17.0 Å². The summed E-state index contributed by atoms with van der Waals surface area (Å²) >= 11 is 7.73. The maximum Gasteiger partial charge on any atom is 0.124 e. The van der Waals surface area contributed by atoms with Gasteiger partial charge in [-0.3, -0.25) is 0 Å². The van der Waals surface area contributed by atoms with Gasteiger partial charge in [0.1, 0.15) is 5.82 Å². The molecule has 0 amide bonds. The monoisotopic (exact) mass is 283 g/mol. The van der Waals surface area contributed by atoms with Crippen LogP contribution in [0.4, 0.5) is 4.39 Å². The van der Waals surface area contributed by atoms with Crippen molar-refractivity contribution in [1.82, 2.24) is 5.32 Å². The largest absolute Gasteiger partial charge is 0.310 e. The highest BCUT2D eigenvalue weighted by molar-refractivity contribution is 7.15. The number of thiophene rings is 1. The van der Waals surface area contributed by atoms with Crippen molar-refractivity contribution in [2.24, 2.45) is 0 Å². The molecule has 18 heavy (non-hydrogen) atoms. The van der Waals surface area contributed by atoms with E-state index in [1.807, 2.05) is 6.07 Å². The van der Waals surface area contributed by atoms with Crippen molar-refractivity contribution < 1.29 is 4.39 Å². The molecule has 0 saturated heterocycles. The lowest BCUT2D eigenvalue weighted by atomic mass is 10.2. The van der Waals surface area contributed by atoms with Crippen LogP contribution in [0.5, 0.6) is 0 Å². The van der Waals surface area contributed by atoms with Crippen LogP contribution in [-0.2, 0) is 6.54 Å². The van der Waals surface area contributed by atoms with E-state index in [2.05, 4.69) is 25.2 Å². The summed E-state index contributed by atoms with van der Waals surface area (Å²) in [6.07, 6.45) is 0. The van der Waals surface area contributed by atoms with Gasteiger partial charge in [0.15, 0.2) is 0 Å². The molecule has 1 aromatic carbocycles. The van der Waals surface area contributed by atoms with Gasteiger partial charge in [-0.2, -0.15) is 0 Å². The molecule has 1 heterocycles. The van der Waals surface area contributed by atoms with Gasteiger partial charge in [0, 0.05) is 27.9 Å². The number of rotatable bonds is 4. The Morgan fingerprint density at radius 3 is 2.72 bits per heavy atom. The second-order valence-corrected chi connectivity index (χ2v) is 6.00. The fourth-order valence-electron chi connectivity index (χ4n) is 1.61. The molecule has 0 unspecified atom stereocenters. The van der Waals surface area contributed by atoms with Gasteiger partial charge in [0.05, 0.1) is 5.02 Å². The number of nitrogens with one attached hydrogen (secondary N) is 1. The lowest BCUT2D eigenvalue weighted by Crippen LogP contribution is -2.21. The Bertz CT molecular complexity index is 536. The molecule has 0 atom stereocenters. The topological polar surface area (TPSA) is 12.0 Å². The zero-order valence-electron chi connectivity index (χ0n) is 10.3. The van der Waals surface area contributed by atoms with Crippen molar-refractivity contribution in [3.05, 3.63) is 46.0 Å². The summed E-state index contributed by atoms with van der Waals surface area (Å²) in [5.41, 5.74) is 0.888. The average molecular weight is 284 g/mol. The number of hydrogen-bond acceptors (Lipinski definition) is 2. The van der Waals surface area contributed by atoms with E-state index in [1.54, 1.807) is 17.4 Å². The highest BCUT2D eigenvalue weighted by Gasteiger charge is 2.08. The molecule has 1 N–H and O–H groups in total. The molecule has 0 aliphatic heterocycles. The molecule has 0 aliphatic rings. The van der Waals surface area contributed by atoms with E-state index in [1.165, 1.54) is 17.0 Å². The zero-order valence-corrected chi connectivity index (χ0v) is 11.9. The van der Waals surface area contributed by atoms with Gasteiger partial charge < -0.3 is 5.32 Å². The summed E-state index contributed by atoms with van der Waals surface area (Å²) in [4.78, 5) is 2.32. The van der Waals surface area contributed by atoms with Gasteiger partial charge in [-0.25, -0.2) is 4.39 Å². The Morgan fingerprint density at radius 2 is 2.06 bits per heavy atom. The summed E-state index contributed by atoms with van der Waals surface area (Å²) in [7, 11) is 0. The summed E-state index contributed by atoms with van der Waals surface area (Å²) in [6, 6.07) is 9.08. The van der Waals surface area contributed by atoms with E-state index in [9.17, 15) is 4.39 Å². The second kappa shape index (κ2) is 5.83. The van der Waals surface area contributed by atoms with E-state index in [-0.39, 0.29) is 5.82 Å². The van der Waals surface area contributed by atoms with Crippen molar-refractivity contribution in [2.75, 3.05) is 0 Å². The minimum absolute atomic E-state index is 0.304. The van der Waals surface area contributed by atoms with Crippen LogP contribution in [-0.4, -0.2) is 6.04 Å². The predicted molar refractivity (Wildman–Crippen MR) is 76.7 cm³/mol. The highest BCUT2D eigenvalue weighted by Crippen LogP contribution is 2.33. The summed E-state index contributed by atoms with van der Waals surface area (Å²) in [5, 5.41) is 3.83. The molecule has 0 radical (unpaired) electrons. The molecule has 2 aromatic rings. The normalized spacial score (nSPS) is 11.2. The van der Waals surface area contributed by atoms with Gasteiger partial charge in [0.25, 0.3) is 0 Å². The first-order valence-corrected chi connectivity index (χ1v) is 7.03. The molecule has 0 bridgehead atoms. The third-order valence-corrected chi connectivity index (χ3v) is 3.97. The van der Waals surface area contributed by atoms with Crippen LogP contribution in [0.1, 0.15) is 18.7 Å². The van der Waals surface area contributed by atoms with Crippen LogP contribution in [0.15, 0.2) is 30.3 Å². The number of benzene rings is 1. The third-order valence-electron chi connectivity index (χ3n) is 2.54.